The summed E-state index contributed by atoms with van der Waals surface area (Å²) < 4.78 is 20.2. The second kappa shape index (κ2) is 11.5. The third kappa shape index (κ3) is 6.52. The van der Waals surface area contributed by atoms with E-state index in [-0.39, 0.29) is 29.5 Å². The van der Waals surface area contributed by atoms with Crippen LogP contribution in [0.3, 0.4) is 0 Å². The zero-order valence-corrected chi connectivity index (χ0v) is 23.8. The monoisotopic (exact) mass is 571 g/mol. The molecule has 1 fully saturated rings. The Bertz CT molecular complexity index is 1270. The number of aryl methyl sites for hydroxylation is 1. The molecule has 0 aromatic carbocycles. The summed E-state index contributed by atoms with van der Waals surface area (Å²) in [6.45, 7) is 11.1. The highest BCUT2D eigenvalue weighted by molar-refractivity contribution is 6.76. The highest BCUT2D eigenvalue weighted by Crippen LogP contribution is 2.35. The third-order valence-corrected chi connectivity index (χ3v) is 8.04. The molecule has 0 amide bonds. The fourth-order valence-electron chi connectivity index (χ4n) is 3.80. The predicted molar refractivity (Wildman–Crippen MR) is 144 cm³/mol. The van der Waals surface area contributed by atoms with Crippen LogP contribution in [-0.2, 0) is 16.2 Å². The van der Waals surface area contributed by atoms with Gasteiger partial charge in [0.15, 0.2) is 5.65 Å². The number of anilines is 1. The highest BCUT2D eigenvalue weighted by atomic mass is 35.5. The largest absolute Gasteiger partial charge is 0.473 e. The van der Waals surface area contributed by atoms with Crippen molar-refractivity contribution in [3.05, 3.63) is 32.3 Å². The van der Waals surface area contributed by atoms with Crippen LogP contribution in [0.1, 0.15) is 18.2 Å². The molecule has 3 aromatic rings. The summed E-state index contributed by atoms with van der Waals surface area (Å²) in [5.41, 5.74) is 0.769. The molecule has 0 aliphatic carbocycles. The normalized spacial score (nSPS) is 14.2. The van der Waals surface area contributed by atoms with E-state index in [1.807, 2.05) is 4.57 Å². The summed E-state index contributed by atoms with van der Waals surface area (Å²) in [6, 6.07) is 0.991. The van der Waals surface area contributed by atoms with Crippen molar-refractivity contribution < 1.29 is 19.1 Å². The molecule has 1 N–H and O–H groups in total. The van der Waals surface area contributed by atoms with Crippen LogP contribution < -0.4 is 10.1 Å². The zero-order chi connectivity index (χ0) is 26.7. The molecule has 0 unspecified atom stereocenters. The zero-order valence-electron chi connectivity index (χ0n) is 21.3. The summed E-state index contributed by atoms with van der Waals surface area (Å²) in [6.07, 6.45) is 2.29. The van der Waals surface area contributed by atoms with E-state index < -0.39 is 13.0 Å². The molecule has 37 heavy (non-hydrogen) atoms. The average molecular weight is 573 g/mol. The number of ether oxygens (including phenoxy) is 3. The minimum Gasteiger partial charge on any atom is -0.473 e. The van der Waals surface area contributed by atoms with E-state index in [4.69, 9.17) is 37.4 Å². The Labute approximate surface area is 225 Å². The van der Waals surface area contributed by atoms with Crippen molar-refractivity contribution in [2.75, 3.05) is 38.3 Å². The number of nitrogens with zero attached hydrogens (tertiary/aromatic N) is 6. The first-order valence-corrected chi connectivity index (χ1v) is 16.5. The maximum Gasteiger partial charge on any atom is 0.353 e. The summed E-state index contributed by atoms with van der Waals surface area (Å²) in [5, 5.41) is 20.3. The van der Waals surface area contributed by atoms with E-state index in [9.17, 15) is 10.1 Å². The number of nitro groups is 1. The maximum absolute atomic E-state index is 11.6. The summed E-state index contributed by atoms with van der Waals surface area (Å²) in [4.78, 5) is 19.7. The Morgan fingerprint density at radius 2 is 2.03 bits per heavy atom. The van der Waals surface area contributed by atoms with Crippen molar-refractivity contribution in [2.24, 2.45) is 0 Å². The maximum atomic E-state index is 11.6. The molecule has 3 aromatic heterocycles. The van der Waals surface area contributed by atoms with Crippen molar-refractivity contribution in [1.29, 1.82) is 0 Å². The van der Waals surface area contributed by atoms with Crippen LogP contribution in [-0.4, -0.2) is 70.3 Å². The van der Waals surface area contributed by atoms with Crippen LogP contribution in [0.25, 0.3) is 11.0 Å². The van der Waals surface area contributed by atoms with E-state index in [1.54, 1.807) is 17.8 Å². The molecule has 1 saturated heterocycles. The topological polar surface area (TPSA) is 131 Å². The van der Waals surface area contributed by atoms with Crippen molar-refractivity contribution in [3.63, 3.8) is 0 Å². The molecule has 0 radical (unpaired) electrons. The van der Waals surface area contributed by atoms with Crippen LogP contribution in [0.2, 0.25) is 36.0 Å². The molecule has 0 atom stereocenters. The predicted octanol–water partition coefficient (Wildman–Crippen LogP) is 4.92. The molecule has 4 heterocycles. The van der Waals surface area contributed by atoms with Gasteiger partial charge in [-0.15, -0.1) is 0 Å². The van der Waals surface area contributed by atoms with Crippen LogP contribution in [0.4, 0.5) is 11.5 Å². The lowest BCUT2D eigenvalue weighted by atomic mass is 10.3. The highest BCUT2D eigenvalue weighted by Gasteiger charge is 2.33. The number of fused-ring (bicyclic) bond motifs is 1. The van der Waals surface area contributed by atoms with E-state index in [0.717, 1.165) is 6.04 Å². The molecule has 1 aliphatic rings. The molecule has 1 aliphatic heterocycles. The quantitative estimate of drug-likeness (QED) is 0.0997. The lowest BCUT2D eigenvalue weighted by Crippen LogP contribution is -2.32. The Hall–Kier alpha value is -2.45. The Balaban J connectivity index is 1.38. The number of hydrogen-bond donors (Lipinski definition) is 1. The van der Waals surface area contributed by atoms with Crippen LogP contribution in [0, 0.1) is 17.0 Å². The van der Waals surface area contributed by atoms with Gasteiger partial charge >= 0.3 is 5.69 Å². The molecule has 0 bridgehead atoms. The lowest BCUT2D eigenvalue weighted by molar-refractivity contribution is -0.386. The van der Waals surface area contributed by atoms with Gasteiger partial charge in [0.25, 0.3) is 5.88 Å². The van der Waals surface area contributed by atoms with Crippen molar-refractivity contribution in [1.82, 2.24) is 24.3 Å². The van der Waals surface area contributed by atoms with E-state index in [2.05, 4.69) is 40.0 Å². The van der Waals surface area contributed by atoms with Gasteiger partial charge in [-0.3, -0.25) is 10.1 Å². The minimum atomic E-state index is -1.19. The Kier molecular flexibility index (Phi) is 8.58. The van der Waals surface area contributed by atoms with Gasteiger partial charge in [0.1, 0.15) is 24.3 Å². The van der Waals surface area contributed by atoms with Gasteiger partial charge in [0.2, 0.25) is 5.28 Å². The number of rotatable bonds is 13. The number of nitrogens with one attached hydrogen (secondary N) is 1. The smallest absolute Gasteiger partial charge is 0.353 e. The van der Waals surface area contributed by atoms with E-state index in [0.29, 0.717) is 67.1 Å². The first-order valence-electron chi connectivity index (χ1n) is 12.0. The fraction of sp³-hybridized carbons (Fsp3) is 0.591. The van der Waals surface area contributed by atoms with Crippen molar-refractivity contribution in [3.8, 4) is 5.88 Å². The van der Waals surface area contributed by atoms with Crippen molar-refractivity contribution in [2.45, 2.75) is 51.8 Å². The SMILES string of the molecule is Cc1nn(C2COC2)c(OCCCNc2nc(Cl)nc3c2c(Cl)cn3COCC[Si](C)(C)C)c1[N+](=O)[O-]. The summed E-state index contributed by atoms with van der Waals surface area (Å²) in [5.74, 6) is 0.650. The van der Waals surface area contributed by atoms with E-state index in [1.165, 1.54) is 0 Å². The molecule has 15 heteroatoms. The molecule has 202 valence electrons. The summed E-state index contributed by atoms with van der Waals surface area (Å²) >= 11 is 12.7. The Morgan fingerprint density at radius 3 is 2.68 bits per heavy atom. The van der Waals surface area contributed by atoms with Gasteiger partial charge < -0.3 is 24.1 Å². The second-order valence-corrected chi connectivity index (χ2v) is 16.5. The molecule has 0 saturated carbocycles. The lowest BCUT2D eigenvalue weighted by Gasteiger charge is -2.27. The van der Waals surface area contributed by atoms with Crippen molar-refractivity contribution >= 4 is 53.8 Å². The van der Waals surface area contributed by atoms with Gasteiger partial charge in [-0.25, -0.2) is 4.68 Å². The van der Waals surface area contributed by atoms with Gasteiger partial charge in [-0.1, -0.05) is 31.2 Å². The summed E-state index contributed by atoms with van der Waals surface area (Å²) in [7, 11) is -1.19. The Morgan fingerprint density at radius 1 is 1.27 bits per heavy atom. The minimum absolute atomic E-state index is 0.0670. The molecule has 0 spiro atoms. The number of halogens is 2. The standard InChI is InChI=1S/C22H31Cl2N7O5Si/c1-14-18(31(32)33)21(30(28-14)15-11-35-12-15)36-7-5-6-25-19-17-16(23)10-29(20(17)27-22(24)26-19)13-34-8-9-37(2,3)4/h10,15H,5-9,11-13H2,1-4H3,(H,25,26,27). The van der Waals surface area contributed by atoms with Crippen LogP contribution >= 0.6 is 23.2 Å². The number of hydrogen-bond acceptors (Lipinski definition) is 9. The molecular formula is C22H31Cl2N7O5Si. The number of aromatic nitrogens is 5. The van der Waals surface area contributed by atoms with Gasteiger partial charge in [-0.2, -0.15) is 15.1 Å². The van der Waals surface area contributed by atoms with Crippen LogP contribution in [0.15, 0.2) is 6.20 Å². The van der Waals surface area contributed by atoms with Crippen LogP contribution in [0.5, 0.6) is 5.88 Å². The van der Waals surface area contributed by atoms with Gasteiger partial charge in [0, 0.05) is 27.4 Å². The van der Waals surface area contributed by atoms with Gasteiger partial charge in [0.05, 0.1) is 35.2 Å². The first-order chi connectivity index (χ1) is 17.5. The molecule has 12 nitrogen and oxygen atoms in total. The average Bonchev–Trinajstić information content (AvgIpc) is 3.25. The molecule has 4 rings (SSSR count). The van der Waals surface area contributed by atoms with Gasteiger partial charge in [-0.05, 0) is 31.0 Å². The second-order valence-electron chi connectivity index (χ2n) is 10.1. The molecular weight excluding hydrogens is 541 g/mol. The van der Waals surface area contributed by atoms with E-state index >= 15 is 0 Å². The first kappa shape index (κ1) is 27.6. The fourth-order valence-corrected chi connectivity index (χ4v) is 5.02. The third-order valence-electron chi connectivity index (χ3n) is 5.88.